The Bertz CT molecular complexity index is 833. The molecular weight excluding hydrogens is 326 g/mol. The first-order valence-electron chi connectivity index (χ1n) is 9.42. The largest absolute Gasteiger partial charge is 0.493 e. The summed E-state index contributed by atoms with van der Waals surface area (Å²) in [6.45, 7) is 0.523. The van der Waals surface area contributed by atoms with E-state index in [1.807, 2.05) is 30.3 Å². The lowest BCUT2D eigenvalue weighted by molar-refractivity contribution is 0.0275. The van der Waals surface area contributed by atoms with Gasteiger partial charge in [0.1, 0.15) is 12.7 Å². The minimum Gasteiger partial charge on any atom is -0.493 e. The standard InChI is InChI=1S/C22H23NO3/c1-24-19-12-16(9-10-18(19)25-13-14-5-3-2-4-6-14)21-20-15-7-8-17(11-15)22(20)26-23-21/h2-6,9-10,12,15,17,20,22H,7-8,11,13H2,1H3. The van der Waals surface area contributed by atoms with Gasteiger partial charge in [0, 0.05) is 11.5 Å². The van der Waals surface area contributed by atoms with Gasteiger partial charge < -0.3 is 14.3 Å². The number of benzene rings is 2. The van der Waals surface area contributed by atoms with Crippen LogP contribution in [0.15, 0.2) is 53.7 Å². The van der Waals surface area contributed by atoms with Crippen molar-refractivity contribution in [1.29, 1.82) is 0 Å². The third-order valence-corrected chi connectivity index (χ3v) is 6.13. The van der Waals surface area contributed by atoms with Crippen molar-refractivity contribution in [2.45, 2.75) is 32.0 Å². The van der Waals surface area contributed by atoms with Crippen LogP contribution in [0, 0.1) is 17.8 Å². The summed E-state index contributed by atoms with van der Waals surface area (Å²) >= 11 is 0. The summed E-state index contributed by atoms with van der Waals surface area (Å²) in [7, 11) is 1.68. The minimum atomic E-state index is 0.295. The van der Waals surface area contributed by atoms with E-state index in [1.54, 1.807) is 7.11 Å². The summed E-state index contributed by atoms with van der Waals surface area (Å²) in [6, 6.07) is 16.3. The van der Waals surface area contributed by atoms with Crippen molar-refractivity contribution in [1.82, 2.24) is 0 Å². The highest BCUT2D eigenvalue weighted by atomic mass is 16.6. The van der Waals surface area contributed by atoms with Crippen LogP contribution in [0.2, 0.25) is 0 Å². The third-order valence-electron chi connectivity index (χ3n) is 6.13. The Morgan fingerprint density at radius 2 is 1.88 bits per heavy atom. The van der Waals surface area contributed by atoms with Crippen LogP contribution in [0.25, 0.3) is 0 Å². The Morgan fingerprint density at radius 1 is 1.04 bits per heavy atom. The van der Waals surface area contributed by atoms with Gasteiger partial charge in [-0.3, -0.25) is 0 Å². The third kappa shape index (κ3) is 2.56. The number of fused-ring (bicyclic) bond motifs is 5. The number of oxime groups is 1. The van der Waals surface area contributed by atoms with Gasteiger partial charge in [-0.05, 0) is 54.9 Å². The number of ether oxygens (including phenoxy) is 2. The predicted octanol–water partition coefficient (Wildman–Crippen LogP) is 4.42. The van der Waals surface area contributed by atoms with Gasteiger partial charge in [0.2, 0.25) is 0 Å². The van der Waals surface area contributed by atoms with Crippen molar-refractivity contribution < 1.29 is 14.3 Å². The van der Waals surface area contributed by atoms with Crippen molar-refractivity contribution >= 4 is 5.71 Å². The molecule has 0 aromatic heterocycles. The average molecular weight is 349 g/mol. The maximum atomic E-state index is 5.97. The average Bonchev–Trinajstić information content (AvgIpc) is 3.40. The van der Waals surface area contributed by atoms with Crippen LogP contribution in [0.1, 0.15) is 30.4 Å². The van der Waals surface area contributed by atoms with E-state index >= 15 is 0 Å². The fourth-order valence-electron chi connectivity index (χ4n) is 4.87. The van der Waals surface area contributed by atoms with E-state index in [1.165, 1.54) is 19.3 Å². The van der Waals surface area contributed by atoms with Crippen LogP contribution in [0.4, 0.5) is 0 Å². The summed E-state index contributed by atoms with van der Waals surface area (Å²) in [5.41, 5.74) is 3.32. The van der Waals surface area contributed by atoms with E-state index in [4.69, 9.17) is 14.3 Å². The van der Waals surface area contributed by atoms with Crippen molar-refractivity contribution in [3.8, 4) is 11.5 Å². The van der Waals surface area contributed by atoms with Crippen LogP contribution in [-0.4, -0.2) is 18.9 Å². The van der Waals surface area contributed by atoms with Gasteiger partial charge in [-0.2, -0.15) is 0 Å². The number of methoxy groups -OCH3 is 1. The summed E-state index contributed by atoms with van der Waals surface area (Å²) in [6.07, 6.45) is 4.20. The smallest absolute Gasteiger partial charge is 0.161 e. The van der Waals surface area contributed by atoms with Crippen molar-refractivity contribution in [3.63, 3.8) is 0 Å². The van der Waals surface area contributed by atoms with Crippen LogP contribution in [0.3, 0.4) is 0 Å². The first-order chi connectivity index (χ1) is 12.8. The zero-order valence-electron chi connectivity index (χ0n) is 14.9. The second-order valence-electron chi connectivity index (χ2n) is 7.55. The quantitative estimate of drug-likeness (QED) is 0.802. The van der Waals surface area contributed by atoms with E-state index in [0.717, 1.165) is 34.3 Å². The maximum Gasteiger partial charge on any atom is 0.161 e. The van der Waals surface area contributed by atoms with Gasteiger partial charge in [0.15, 0.2) is 11.5 Å². The van der Waals surface area contributed by atoms with Gasteiger partial charge in [-0.25, -0.2) is 0 Å². The first kappa shape index (κ1) is 15.7. The fourth-order valence-corrected chi connectivity index (χ4v) is 4.87. The van der Waals surface area contributed by atoms with Crippen molar-refractivity contribution in [2.75, 3.05) is 7.11 Å². The molecule has 2 bridgehead atoms. The molecule has 0 radical (unpaired) electrons. The normalized spacial score (nSPS) is 28.4. The van der Waals surface area contributed by atoms with Gasteiger partial charge in [0.25, 0.3) is 0 Å². The molecular formula is C22H23NO3. The van der Waals surface area contributed by atoms with Crippen molar-refractivity contribution in [2.24, 2.45) is 22.9 Å². The molecule has 2 saturated carbocycles. The topological polar surface area (TPSA) is 40.0 Å². The highest BCUT2D eigenvalue weighted by molar-refractivity contribution is 6.04. The van der Waals surface area contributed by atoms with Crippen LogP contribution in [-0.2, 0) is 11.4 Å². The minimum absolute atomic E-state index is 0.295. The van der Waals surface area contributed by atoms with E-state index < -0.39 is 0 Å². The number of rotatable bonds is 5. The number of hydrogen-bond acceptors (Lipinski definition) is 4. The highest BCUT2D eigenvalue weighted by Crippen LogP contribution is 2.53. The molecule has 1 heterocycles. The SMILES string of the molecule is COc1cc(C2=NOC3C4CCC(C4)C23)ccc1OCc1ccccc1. The molecule has 2 aromatic carbocycles. The molecule has 3 aliphatic rings. The van der Waals surface area contributed by atoms with E-state index in [-0.39, 0.29) is 0 Å². The zero-order chi connectivity index (χ0) is 17.5. The van der Waals surface area contributed by atoms with Gasteiger partial charge in [-0.15, -0.1) is 0 Å². The number of nitrogens with zero attached hydrogens (tertiary/aromatic N) is 1. The second kappa shape index (κ2) is 6.35. The zero-order valence-corrected chi connectivity index (χ0v) is 14.9. The molecule has 2 aliphatic carbocycles. The molecule has 26 heavy (non-hydrogen) atoms. The highest BCUT2D eigenvalue weighted by Gasteiger charge is 2.54. The molecule has 0 amide bonds. The molecule has 5 rings (SSSR count). The Morgan fingerprint density at radius 3 is 2.73 bits per heavy atom. The Labute approximate surface area is 153 Å². The molecule has 0 N–H and O–H groups in total. The van der Waals surface area contributed by atoms with Crippen molar-refractivity contribution in [3.05, 3.63) is 59.7 Å². The Hall–Kier alpha value is -2.49. The van der Waals surface area contributed by atoms with Gasteiger partial charge in [0.05, 0.1) is 12.8 Å². The lowest BCUT2D eigenvalue weighted by Gasteiger charge is -2.23. The molecule has 4 nitrogen and oxygen atoms in total. The summed E-state index contributed by atoms with van der Waals surface area (Å²) in [5, 5.41) is 4.45. The molecule has 4 atom stereocenters. The lowest BCUT2D eigenvalue weighted by atomic mass is 9.81. The Kier molecular flexibility index (Phi) is 3.84. The van der Waals surface area contributed by atoms with E-state index in [9.17, 15) is 0 Å². The van der Waals surface area contributed by atoms with E-state index in [0.29, 0.717) is 24.5 Å². The van der Waals surface area contributed by atoms with Gasteiger partial charge >= 0.3 is 0 Å². The molecule has 1 aliphatic heterocycles. The number of hydrogen-bond donors (Lipinski definition) is 0. The van der Waals surface area contributed by atoms with Crippen LogP contribution in [0.5, 0.6) is 11.5 Å². The molecule has 4 unspecified atom stereocenters. The second-order valence-corrected chi connectivity index (χ2v) is 7.55. The summed E-state index contributed by atoms with van der Waals surface area (Å²) < 4.78 is 11.6. The molecule has 0 spiro atoms. The maximum absolute atomic E-state index is 5.97. The van der Waals surface area contributed by atoms with Crippen LogP contribution >= 0.6 is 0 Å². The molecule has 134 valence electrons. The molecule has 2 aromatic rings. The van der Waals surface area contributed by atoms with E-state index in [2.05, 4.69) is 23.4 Å². The van der Waals surface area contributed by atoms with Gasteiger partial charge in [-0.1, -0.05) is 35.5 Å². The predicted molar refractivity (Wildman–Crippen MR) is 99.5 cm³/mol. The van der Waals surface area contributed by atoms with Crippen LogP contribution < -0.4 is 9.47 Å². The monoisotopic (exact) mass is 349 g/mol. The summed E-state index contributed by atoms with van der Waals surface area (Å²) in [4.78, 5) is 5.80. The Balaban J connectivity index is 1.36. The molecule has 2 fully saturated rings. The molecule has 4 heteroatoms. The lowest BCUT2D eigenvalue weighted by Crippen LogP contribution is -2.29. The summed E-state index contributed by atoms with van der Waals surface area (Å²) in [5.74, 6) is 3.37. The molecule has 0 saturated heterocycles. The first-order valence-corrected chi connectivity index (χ1v) is 9.42. The fraction of sp³-hybridized carbons (Fsp3) is 0.409.